The van der Waals surface area contributed by atoms with Crippen LogP contribution in [0.3, 0.4) is 0 Å². The fraction of sp³-hybridized carbons (Fsp3) is 0.615. The fourth-order valence-electron chi connectivity index (χ4n) is 4.03. The minimum Gasteiger partial charge on any atom is -0.304 e. The third-order valence-electron chi connectivity index (χ3n) is 6.48. The van der Waals surface area contributed by atoms with Crippen molar-refractivity contribution in [1.82, 2.24) is 9.80 Å². The minimum atomic E-state index is 0.430. The van der Waals surface area contributed by atoms with Gasteiger partial charge in [0.15, 0.2) is 0 Å². The maximum atomic E-state index is 2.65. The van der Waals surface area contributed by atoms with Gasteiger partial charge in [-0.05, 0) is 82.2 Å². The number of rotatable bonds is 10. The summed E-state index contributed by atoms with van der Waals surface area (Å²) in [5, 5.41) is 0. The molecule has 2 heterocycles. The van der Waals surface area contributed by atoms with Crippen LogP contribution in [0.2, 0.25) is 0 Å². The molecule has 0 radical (unpaired) electrons. The second-order valence-electron chi connectivity index (χ2n) is 9.77. The smallest absolute Gasteiger partial charge is 0.0110 e. The quantitative estimate of drug-likeness (QED) is 0.484. The van der Waals surface area contributed by atoms with Gasteiger partial charge in [0.25, 0.3) is 0 Å². The summed E-state index contributed by atoms with van der Waals surface area (Å²) < 4.78 is 0. The summed E-state index contributed by atoms with van der Waals surface area (Å²) >= 11 is 2.04. The van der Waals surface area contributed by atoms with E-state index in [1.54, 1.807) is 9.75 Å². The van der Waals surface area contributed by atoms with Gasteiger partial charge in [-0.2, -0.15) is 0 Å². The molecule has 1 aliphatic heterocycles. The summed E-state index contributed by atoms with van der Waals surface area (Å²) in [5.41, 5.74) is 3.25. The predicted octanol–water partition coefficient (Wildman–Crippen LogP) is 5.83. The Hall–Kier alpha value is -1.16. The number of nitrogens with zero attached hydrogens (tertiary/aromatic N) is 2. The van der Waals surface area contributed by atoms with E-state index in [0.29, 0.717) is 5.41 Å². The first-order chi connectivity index (χ1) is 13.9. The Morgan fingerprint density at radius 2 is 1.48 bits per heavy atom. The van der Waals surface area contributed by atoms with Crippen molar-refractivity contribution in [3.05, 3.63) is 57.3 Å². The lowest BCUT2D eigenvalue weighted by Gasteiger charge is -2.35. The van der Waals surface area contributed by atoms with Crippen LogP contribution in [0.15, 0.2) is 36.4 Å². The molecule has 0 spiro atoms. The van der Waals surface area contributed by atoms with Crippen molar-refractivity contribution in [2.75, 3.05) is 39.8 Å². The largest absolute Gasteiger partial charge is 0.304 e. The molecular formula is C26H40N2S. The van der Waals surface area contributed by atoms with E-state index in [2.05, 4.69) is 74.0 Å². The monoisotopic (exact) mass is 412 g/mol. The third kappa shape index (κ3) is 7.88. The van der Waals surface area contributed by atoms with E-state index in [1.165, 1.54) is 82.4 Å². The van der Waals surface area contributed by atoms with Crippen molar-refractivity contribution in [2.45, 2.75) is 59.3 Å². The number of benzene rings is 1. The topological polar surface area (TPSA) is 6.48 Å². The second kappa shape index (κ2) is 10.7. The second-order valence-corrected chi connectivity index (χ2v) is 11.0. The van der Waals surface area contributed by atoms with Crippen LogP contribution in [0.5, 0.6) is 0 Å². The van der Waals surface area contributed by atoms with Crippen molar-refractivity contribution >= 4 is 11.3 Å². The van der Waals surface area contributed by atoms with E-state index >= 15 is 0 Å². The van der Waals surface area contributed by atoms with Gasteiger partial charge in [0.2, 0.25) is 0 Å². The van der Waals surface area contributed by atoms with Crippen LogP contribution in [0.25, 0.3) is 0 Å². The lowest BCUT2D eigenvalue weighted by Crippen LogP contribution is -2.45. The molecule has 0 bridgehead atoms. The number of likely N-dealkylation sites (N-methyl/N-ethyl adjacent to an activating group) is 1. The van der Waals surface area contributed by atoms with Crippen molar-refractivity contribution in [3.8, 4) is 0 Å². The first-order valence-corrected chi connectivity index (χ1v) is 12.3. The molecule has 0 saturated carbocycles. The van der Waals surface area contributed by atoms with Crippen LogP contribution in [-0.2, 0) is 19.3 Å². The van der Waals surface area contributed by atoms with Crippen LogP contribution in [0.4, 0.5) is 0 Å². The average Bonchev–Trinajstić information content (AvgIpc) is 3.16. The Kier molecular flexibility index (Phi) is 8.35. The van der Waals surface area contributed by atoms with Gasteiger partial charge in [0, 0.05) is 35.9 Å². The molecule has 1 aromatic carbocycles. The first kappa shape index (κ1) is 22.5. The molecule has 0 amide bonds. The lowest BCUT2D eigenvalue weighted by atomic mass is 9.84. The van der Waals surface area contributed by atoms with Gasteiger partial charge < -0.3 is 9.80 Å². The van der Waals surface area contributed by atoms with Gasteiger partial charge in [-0.1, -0.05) is 43.7 Å². The molecular weight excluding hydrogens is 372 g/mol. The number of hydrogen-bond acceptors (Lipinski definition) is 3. The number of piperazine rings is 1. The minimum absolute atomic E-state index is 0.430. The molecule has 2 aromatic rings. The molecule has 1 aromatic heterocycles. The highest BCUT2D eigenvalue weighted by atomic mass is 32.1. The van der Waals surface area contributed by atoms with Crippen LogP contribution in [0.1, 0.15) is 54.0 Å². The van der Waals surface area contributed by atoms with E-state index in [1.807, 2.05) is 11.3 Å². The zero-order chi connectivity index (χ0) is 20.7. The summed E-state index contributed by atoms with van der Waals surface area (Å²) in [4.78, 5) is 8.22. The molecule has 0 N–H and O–H groups in total. The average molecular weight is 413 g/mol. The molecule has 3 rings (SSSR count). The Balaban J connectivity index is 1.36. The SMILES string of the molecule is Cc1ccc(CCCc2ccc(CCC(C)(C)CCN3CCN(C)CC3)s2)cc1. The highest BCUT2D eigenvalue weighted by Gasteiger charge is 2.21. The van der Waals surface area contributed by atoms with E-state index in [-0.39, 0.29) is 0 Å². The Morgan fingerprint density at radius 1 is 0.828 bits per heavy atom. The zero-order valence-electron chi connectivity index (χ0n) is 19.0. The van der Waals surface area contributed by atoms with E-state index in [0.717, 1.165) is 0 Å². The molecule has 160 valence electrons. The first-order valence-electron chi connectivity index (χ1n) is 11.4. The van der Waals surface area contributed by atoms with Gasteiger partial charge in [-0.15, -0.1) is 11.3 Å². The van der Waals surface area contributed by atoms with E-state index in [9.17, 15) is 0 Å². The number of thiophene rings is 1. The lowest BCUT2D eigenvalue weighted by molar-refractivity contribution is 0.134. The molecule has 0 unspecified atom stereocenters. The zero-order valence-corrected chi connectivity index (χ0v) is 19.9. The molecule has 1 fully saturated rings. The van der Waals surface area contributed by atoms with Crippen LogP contribution >= 0.6 is 11.3 Å². The summed E-state index contributed by atoms with van der Waals surface area (Å²) in [6, 6.07) is 13.8. The Bertz CT molecular complexity index is 723. The number of aryl methyl sites for hydroxylation is 4. The molecule has 1 saturated heterocycles. The molecule has 1 aliphatic rings. The van der Waals surface area contributed by atoms with Crippen molar-refractivity contribution in [3.63, 3.8) is 0 Å². The van der Waals surface area contributed by atoms with Crippen LogP contribution in [0, 0.1) is 12.3 Å². The van der Waals surface area contributed by atoms with Gasteiger partial charge in [0.1, 0.15) is 0 Å². The van der Waals surface area contributed by atoms with Gasteiger partial charge in [-0.25, -0.2) is 0 Å². The summed E-state index contributed by atoms with van der Waals surface area (Å²) in [5.74, 6) is 0. The molecule has 2 nitrogen and oxygen atoms in total. The number of hydrogen-bond donors (Lipinski definition) is 0. The molecule has 0 aliphatic carbocycles. The normalized spacial score (nSPS) is 16.4. The Morgan fingerprint density at radius 3 is 2.17 bits per heavy atom. The van der Waals surface area contributed by atoms with Gasteiger partial charge >= 0.3 is 0 Å². The highest BCUT2D eigenvalue weighted by Crippen LogP contribution is 2.30. The van der Waals surface area contributed by atoms with Gasteiger partial charge in [-0.3, -0.25) is 0 Å². The standard InChI is InChI=1S/C26H40N2S/c1-22-8-10-23(11-9-22)6-5-7-24-12-13-25(29-24)14-15-26(2,3)16-17-28-20-18-27(4)19-21-28/h8-13H,5-7,14-21H2,1-4H3. The molecule has 29 heavy (non-hydrogen) atoms. The third-order valence-corrected chi connectivity index (χ3v) is 7.68. The Labute approximate surface area is 182 Å². The van der Waals surface area contributed by atoms with E-state index < -0.39 is 0 Å². The summed E-state index contributed by atoms with van der Waals surface area (Å²) in [7, 11) is 2.24. The maximum Gasteiger partial charge on any atom is 0.0110 e. The highest BCUT2D eigenvalue weighted by molar-refractivity contribution is 7.11. The van der Waals surface area contributed by atoms with Crippen molar-refractivity contribution in [1.29, 1.82) is 0 Å². The van der Waals surface area contributed by atoms with Gasteiger partial charge in [0.05, 0.1) is 0 Å². The van der Waals surface area contributed by atoms with Crippen molar-refractivity contribution in [2.24, 2.45) is 5.41 Å². The maximum absolute atomic E-state index is 2.65. The fourth-order valence-corrected chi connectivity index (χ4v) is 5.09. The molecule has 3 heteroatoms. The van der Waals surface area contributed by atoms with Crippen LogP contribution in [-0.4, -0.2) is 49.6 Å². The van der Waals surface area contributed by atoms with E-state index in [4.69, 9.17) is 0 Å². The predicted molar refractivity (Wildman–Crippen MR) is 128 cm³/mol. The summed E-state index contributed by atoms with van der Waals surface area (Å²) in [6.45, 7) is 13.3. The van der Waals surface area contributed by atoms with Crippen molar-refractivity contribution < 1.29 is 0 Å². The summed E-state index contributed by atoms with van der Waals surface area (Å²) in [6.07, 6.45) is 7.49. The van der Waals surface area contributed by atoms with Crippen LogP contribution < -0.4 is 0 Å². The molecule has 0 atom stereocenters.